The van der Waals surface area contributed by atoms with Crippen molar-refractivity contribution in [1.82, 2.24) is 15.1 Å². The molecular weight excluding hydrogens is 248 g/mol. The lowest BCUT2D eigenvalue weighted by molar-refractivity contribution is 0.211. The van der Waals surface area contributed by atoms with Gasteiger partial charge in [0.05, 0.1) is 17.6 Å². The standard InChI is InChI=1S/C16H22N4/c1-13-16(11-17-19-13)18-15-7-9-20(10-8-15)12-14-5-3-2-4-6-14/h2-6,11,15,18H,7-10,12H2,1H3,(H,17,19). The Morgan fingerprint density at radius 3 is 2.65 bits per heavy atom. The fourth-order valence-electron chi connectivity index (χ4n) is 2.79. The minimum Gasteiger partial charge on any atom is -0.379 e. The quantitative estimate of drug-likeness (QED) is 0.898. The number of anilines is 1. The summed E-state index contributed by atoms with van der Waals surface area (Å²) in [7, 11) is 0. The van der Waals surface area contributed by atoms with E-state index in [9.17, 15) is 0 Å². The van der Waals surface area contributed by atoms with Crippen LogP contribution in [0.1, 0.15) is 24.1 Å². The molecule has 0 aliphatic carbocycles. The maximum Gasteiger partial charge on any atom is 0.0755 e. The Balaban J connectivity index is 1.49. The highest BCUT2D eigenvalue weighted by atomic mass is 15.2. The molecule has 1 aliphatic heterocycles. The second-order valence-corrected chi connectivity index (χ2v) is 5.59. The van der Waals surface area contributed by atoms with Crippen LogP contribution in [0.3, 0.4) is 0 Å². The van der Waals surface area contributed by atoms with Crippen molar-refractivity contribution in [3.05, 3.63) is 47.8 Å². The van der Waals surface area contributed by atoms with Crippen molar-refractivity contribution in [2.24, 2.45) is 0 Å². The minimum absolute atomic E-state index is 0.568. The van der Waals surface area contributed by atoms with E-state index < -0.39 is 0 Å². The molecule has 106 valence electrons. The molecule has 4 nitrogen and oxygen atoms in total. The van der Waals surface area contributed by atoms with Gasteiger partial charge in [-0.25, -0.2) is 0 Å². The van der Waals surface area contributed by atoms with E-state index in [1.165, 1.54) is 18.4 Å². The van der Waals surface area contributed by atoms with Crippen LogP contribution in [0.5, 0.6) is 0 Å². The number of hydrogen-bond acceptors (Lipinski definition) is 3. The number of hydrogen-bond donors (Lipinski definition) is 2. The van der Waals surface area contributed by atoms with Crippen LogP contribution in [-0.4, -0.2) is 34.2 Å². The van der Waals surface area contributed by atoms with Crippen LogP contribution in [-0.2, 0) is 6.54 Å². The van der Waals surface area contributed by atoms with Crippen LogP contribution < -0.4 is 5.32 Å². The molecule has 4 heteroatoms. The predicted molar refractivity (Wildman–Crippen MR) is 81.7 cm³/mol. The molecule has 2 heterocycles. The maximum atomic E-state index is 4.06. The molecule has 1 aromatic carbocycles. The van der Waals surface area contributed by atoms with Crippen LogP contribution in [0.4, 0.5) is 5.69 Å². The second-order valence-electron chi connectivity index (χ2n) is 5.59. The highest BCUT2D eigenvalue weighted by molar-refractivity contribution is 5.45. The summed E-state index contributed by atoms with van der Waals surface area (Å²) in [5.41, 5.74) is 3.67. The van der Waals surface area contributed by atoms with Gasteiger partial charge in [0.1, 0.15) is 0 Å². The Bertz CT molecular complexity index is 526. The van der Waals surface area contributed by atoms with Gasteiger partial charge in [0.25, 0.3) is 0 Å². The minimum atomic E-state index is 0.568. The van der Waals surface area contributed by atoms with Crippen molar-refractivity contribution in [2.75, 3.05) is 18.4 Å². The van der Waals surface area contributed by atoms with Gasteiger partial charge in [-0.3, -0.25) is 10.00 Å². The molecule has 0 bridgehead atoms. The zero-order chi connectivity index (χ0) is 13.8. The first-order chi connectivity index (χ1) is 9.81. The van der Waals surface area contributed by atoms with Crippen LogP contribution in [0.25, 0.3) is 0 Å². The summed E-state index contributed by atoms with van der Waals surface area (Å²) in [6, 6.07) is 11.3. The van der Waals surface area contributed by atoms with Crippen molar-refractivity contribution < 1.29 is 0 Å². The summed E-state index contributed by atoms with van der Waals surface area (Å²) in [6.07, 6.45) is 4.26. The maximum absolute atomic E-state index is 4.06. The molecule has 0 amide bonds. The van der Waals surface area contributed by atoms with E-state index in [1.807, 2.05) is 6.20 Å². The lowest BCUT2D eigenvalue weighted by Gasteiger charge is -2.32. The van der Waals surface area contributed by atoms with Crippen molar-refractivity contribution in [3.63, 3.8) is 0 Å². The number of nitrogens with one attached hydrogen (secondary N) is 2. The summed E-state index contributed by atoms with van der Waals surface area (Å²) < 4.78 is 0. The first-order valence-electron chi connectivity index (χ1n) is 7.34. The van der Waals surface area contributed by atoms with E-state index in [2.05, 4.69) is 57.7 Å². The molecule has 0 spiro atoms. The molecule has 3 rings (SSSR count). The SMILES string of the molecule is Cc1[nH]ncc1NC1CCN(Cc2ccccc2)CC1. The van der Waals surface area contributed by atoms with Crippen LogP contribution in [0.2, 0.25) is 0 Å². The van der Waals surface area contributed by atoms with Crippen molar-refractivity contribution in [2.45, 2.75) is 32.4 Å². The molecule has 0 atom stereocenters. The summed E-state index contributed by atoms with van der Waals surface area (Å²) in [5, 5.41) is 10.6. The van der Waals surface area contributed by atoms with Gasteiger partial charge in [0.2, 0.25) is 0 Å². The van der Waals surface area contributed by atoms with E-state index in [4.69, 9.17) is 0 Å². The average molecular weight is 270 g/mol. The number of likely N-dealkylation sites (tertiary alicyclic amines) is 1. The largest absolute Gasteiger partial charge is 0.379 e. The van der Waals surface area contributed by atoms with E-state index in [-0.39, 0.29) is 0 Å². The van der Waals surface area contributed by atoms with Gasteiger partial charge in [-0.1, -0.05) is 30.3 Å². The normalized spacial score (nSPS) is 17.2. The molecule has 20 heavy (non-hydrogen) atoms. The molecule has 1 saturated heterocycles. The number of aromatic nitrogens is 2. The predicted octanol–water partition coefficient (Wildman–Crippen LogP) is 2.79. The lowest BCUT2D eigenvalue weighted by atomic mass is 10.0. The number of aryl methyl sites for hydroxylation is 1. The third kappa shape index (κ3) is 3.20. The summed E-state index contributed by atoms with van der Waals surface area (Å²) in [4.78, 5) is 2.54. The zero-order valence-electron chi connectivity index (χ0n) is 12.0. The Kier molecular flexibility index (Phi) is 4.02. The van der Waals surface area contributed by atoms with Gasteiger partial charge in [-0.2, -0.15) is 5.10 Å². The number of piperidine rings is 1. The van der Waals surface area contributed by atoms with Gasteiger partial charge >= 0.3 is 0 Å². The van der Waals surface area contributed by atoms with Gasteiger partial charge in [-0.15, -0.1) is 0 Å². The fourth-order valence-corrected chi connectivity index (χ4v) is 2.79. The number of H-pyrrole nitrogens is 1. The monoisotopic (exact) mass is 270 g/mol. The Hall–Kier alpha value is -1.81. The van der Waals surface area contributed by atoms with E-state index >= 15 is 0 Å². The van der Waals surface area contributed by atoms with Crippen LogP contribution in [0.15, 0.2) is 36.5 Å². The molecule has 2 N–H and O–H groups in total. The smallest absolute Gasteiger partial charge is 0.0755 e. The molecule has 1 aliphatic rings. The van der Waals surface area contributed by atoms with Crippen LogP contribution in [0, 0.1) is 6.92 Å². The Morgan fingerprint density at radius 1 is 1.25 bits per heavy atom. The van der Waals surface area contributed by atoms with E-state index in [0.29, 0.717) is 6.04 Å². The molecular formula is C16H22N4. The van der Waals surface area contributed by atoms with Crippen LogP contribution >= 0.6 is 0 Å². The molecule has 0 radical (unpaired) electrons. The third-order valence-corrected chi connectivity index (χ3v) is 4.03. The van der Waals surface area contributed by atoms with Crippen molar-refractivity contribution >= 4 is 5.69 Å². The summed E-state index contributed by atoms with van der Waals surface area (Å²) in [5.74, 6) is 0. The second kappa shape index (κ2) is 6.09. The number of benzene rings is 1. The third-order valence-electron chi connectivity index (χ3n) is 4.03. The van der Waals surface area contributed by atoms with Gasteiger partial charge < -0.3 is 5.32 Å². The first-order valence-corrected chi connectivity index (χ1v) is 7.34. The number of aromatic amines is 1. The first kappa shape index (κ1) is 13.2. The summed E-state index contributed by atoms with van der Waals surface area (Å²) in [6.45, 7) is 5.44. The van der Waals surface area contributed by atoms with Gasteiger partial charge in [-0.05, 0) is 25.3 Å². The molecule has 1 fully saturated rings. The van der Waals surface area contributed by atoms with Crippen molar-refractivity contribution in [3.8, 4) is 0 Å². The van der Waals surface area contributed by atoms with Gasteiger partial charge in [0, 0.05) is 25.7 Å². The topological polar surface area (TPSA) is 44.0 Å². The highest BCUT2D eigenvalue weighted by Gasteiger charge is 2.19. The van der Waals surface area contributed by atoms with E-state index in [1.54, 1.807) is 0 Å². The Labute approximate surface area is 120 Å². The zero-order valence-corrected chi connectivity index (χ0v) is 12.0. The fraction of sp³-hybridized carbons (Fsp3) is 0.438. The average Bonchev–Trinajstić information content (AvgIpc) is 2.88. The molecule has 0 unspecified atom stereocenters. The summed E-state index contributed by atoms with van der Waals surface area (Å²) >= 11 is 0. The molecule has 0 saturated carbocycles. The Morgan fingerprint density at radius 2 is 2.00 bits per heavy atom. The van der Waals surface area contributed by atoms with E-state index in [0.717, 1.165) is 31.0 Å². The lowest BCUT2D eigenvalue weighted by Crippen LogP contribution is -2.38. The molecule has 1 aromatic heterocycles. The number of rotatable bonds is 4. The van der Waals surface area contributed by atoms with Crippen molar-refractivity contribution in [1.29, 1.82) is 0 Å². The van der Waals surface area contributed by atoms with Gasteiger partial charge in [0.15, 0.2) is 0 Å². The highest BCUT2D eigenvalue weighted by Crippen LogP contribution is 2.19. The number of nitrogens with zero attached hydrogens (tertiary/aromatic N) is 2. The molecule has 2 aromatic rings.